The molecule has 1 aliphatic carbocycles. The van der Waals surface area contributed by atoms with E-state index in [1.807, 2.05) is 0 Å². The van der Waals surface area contributed by atoms with Crippen molar-refractivity contribution in [1.29, 1.82) is 0 Å². The number of rotatable bonds is 0. The van der Waals surface area contributed by atoms with Crippen molar-refractivity contribution in [2.75, 3.05) is 19.8 Å². The maximum atomic E-state index is 5.48. The van der Waals surface area contributed by atoms with Gasteiger partial charge in [-0.25, -0.2) is 0 Å². The van der Waals surface area contributed by atoms with Crippen LogP contribution in [-0.4, -0.2) is 25.8 Å². The van der Waals surface area contributed by atoms with Crippen LogP contribution in [0.25, 0.3) is 0 Å². The smallest absolute Gasteiger partial charge is 0.0471 e. The van der Waals surface area contributed by atoms with Gasteiger partial charge in [-0.05, 0) is 37.0 Å². The first kappa shape index (κ1) is 8.25. The molecule has 2 nitrogen and oxygen atoms in total. The number of ether oxygens (including phenoxy) is 1. The summed E-state index contributed by atoms with van der Waals surface area (Å²) in [4.78, 5) is 0. The first-order chi connectivity index (χ1) is 6.41. The van der Waals surface area contributed by atoms with Crippen LogP contribution in [0.3, 0.4) is 0 Å². The van der Waals surface area contributed by atoms with E-state index in [2.05, 4.69) is 5.32 Å². The molecule has 2 heterocycles. The number of hydrogen-bond donors (Lipinski definition) is 1. The Labute approximate surface area is 80.0 Å². The zero-order chi connectivity index (χ0) is 8.73. The summed E-state index contributed by atoms with van der Waals surface area (Å²) < 4.78 is 5.48. The van der Waals surface area contributed by atoms with Gasteiger partial charge in [0.25, 0.3) is 0 Å². The number of hydrogen-bond acceptors (Lipinski definition) is 2. The van der Waals surface area contributed by atoms with E-state index in [4.69, 9.17) is 4.74 Å². The fraction of sp³-hybridized carbons (Fsp3) is 1.00. The molecule has 0 unspecified atom stereocenters. The van der Waals surface area contributed by atoms with Gasteiger partial charge >= 0.3 is 0 Å². The van der Waals surface area contributed by atoms with Gasteiger partial charge < -0.3 is 10.1 Å². The first-order valence-corrected chi connectivity index (χ1v) is 5.72. The fourth-order valence-electron chi connectivity index (χ4n) is 3.73. The highest BCUT2D eigenvalue weighted by molar-refractivity contribution is 5.04. The average molecular weight is 181 g/mol. The zero-order valence-corrected chi connectivity index (χ0v) is 8.22. The van der Waals surface area contributed by atoms with Crippen molar-refractivity contribution in [3.05, 3.63) is 0 Å². The molecule has 0 aromatic rings. The van der Waals surface area contributed by atoms with Crippen LogP contribution in [0.2, 0.25) is 0 Å². The van der Waals surface area contributed by atoms with Crippen molar-refractivity contribution in [1.82, 2.24) is 5.32 Å². The molecule has 2 heteroatoms. The second-order valence-electron chi connectivity index (χ2n) is 5.00. The Bertz CT molecular complexity index is 193. The lowest BCUT2D eigenvalue weighted by Gasteiger charge is -2.37. The summed E-state index contributed by atoms with van der Waals surface area (Å²) in [6.45, 7) is 3.28. The van der Waals surface area contributed by atoms with Crippen molar-refractivity contribution in [2.24, 2.45) is 11.3 Å². The molecular weight excluding hydrogens is 162 g/mol. The molecule has 1 N–H and O–H groups in total. The Morgan fingerprint density at radius 2 is 2.00 bits per heavy atom. The van der Waals surface area contributed by atoms with Gasteiger partial charge in [-0.15, -0.1) is 0 Å². The van der Waals surface area contributed by atoms with Crippen LogP contribution in [0.1, 0.15) is 32.1 Å². The van der Waals surface area contributed by atoms with Crippen LogP contribution in [0, 0.1) is 11.3 Å². The summed E-state index contributed by atoms with van der Waals surface area (Å²) in [5.74, 6) is 0.983. The highest BCUT2D eigenvalue weighted by atomic mass is 16.5. The maximum absolute atomic E-state index is 5.48. The lowest BCUT2D eigenvalue weighted by Crippen LogP contribution is -2.36. The molecule has 2 saturated heterocycles. The van der Waals surface area contributed by atoms with Gasteiger partial charge in [-0.2, -0.15) is 0 Å². The van der Waals surface area contributed by atoms with Crippen LogP contribution in [0.4, 0.5) is 0 Å². The standard InChI is InChI=1S/C11H19NO/c1-2-9-10(3-1)12-8-11(9)4-6-13-7-5-11/h9-10,12H,1-8H2/t9-,10+/m0/s1. The monoisotopic (exact) mass is 181 g/mol. The highest BCUT2D eigenvalue weighted by Gasteiger charge is 2.50. The normalized spacial score (nSPS) is 42.5. The summed E-state index contributed by atoms with van der Waals surface area (Å²) in [7, 11) is 0. The Morgan fingerprint density at radius 1 is 1.15 bits per heavy atom. The van der Waals surface area contributed by atoms with Gasteiger partial charge in [-0.3, -0.25) is 0 Å². The molecule has 3 aliphatic rings. The van der Waals surface area contributed by atoms with Gasteiger partial charge in [0.2, 0.25) is 0 Å². The van der Waals surface area contributed by atoms with E-state index in [9.17, 15) is 0 Å². The van der Waals surface area contributed by atoms with Gasteiger partial charge in [0, 0.05) is 25.8 Å². The van der Waals surface area contributed by atoms with E-state index < -0.39 is 0 Å². The Kier molecular flexibility index (Phi) is 1.88. The summed E-state index contributed by atoms with van der Waals surface area (Å²) in [5.41, 5.74) is 0.638. The van der Waals surface area contributed by atoms with Crippen molar-refractivity contribution in [2.45, 2.75) is 38.1 Å². The first-order valence-electron chi connectivity index (χ1n) is 5.72. The van der Waals surface area contributed by atoms with Crippen molar-refractivity contribution in [3.63, 3.8) is 0 Å². The zero-order valence-electron chi connectivity index (χ0n) is 8.22. The molecule has 2 atom stereocenters. The van der Waals surface area contributed by atoms with Crippen molar-refractivity contribution >= 4 is 0 Å². The van der Waals surface area contributed by atoms with Gasteiger partial charge in [0.05, 0.1) is 0 Å². The maximum Gasteiger partial charge on any atom is 0.0471 e. The molecular formula is C11H19NO. The Hall–Kier alpha value is -0.0800. The molecule has 0 aromatic heterocycles. The van der Waals surface area contributed by atoms with Crippen molar-refractivity contribution in [3.8, 4) is 0 Å². The van der Waals surface area contributed by atoms with E-state index in [0.717, 1.165) is 25.2 Å². The van der Waals surface area contributed by atoms with Crippen LogP contribution >= 0.6 is 0 Å². The minimum Gasteiger partial charge on any atom is -0.381 e. The quantitative estimate of drug-likeness (QED) is 0.612. The molecule has 13 heavy (non-hydrogen) atoms. The van der Waals surface area contributed by atoms with Gasteiger partial charge in [0.15, 0.2) is 0 Å². The van der Waals surface area contributed by atoms with Crippen molar-refractivity contribution < 1.29 is 4.74 Å². The SMILES string of the molecule is C1C[C@H]2NCC3(CCOCC3)[C@H]2C1. The van der Waals surface area contributed by atoms with Crippen LogP contribution in [0.15, 0.2) is 0 Å². The third-order valence-electron chi connectivity index (χ3n) is 4.51. The fourth-order valence-corrected chi connectivity index (χ4v) is 3.73. The van der Waals surface area contributed by atoms with Gasteiger partial charge in [0.1, 0.15) is 0 Å². The third kappa shape index (κ3) is 1.15. The molecule has 0 radical (unpaired) electrons. The predicted octanol–water partition coefficient (Wildman–Crippen LogP) is 1.56. The van der Waals surface area contributed by atoms with Crippen LogP contribution in [0.5, 0.6) is 0 Å². The highest BCUT2D eigenvalue weighted by Crippen LogP contribution is 2.49. The minimum atomic E-state index is 0.638. The summed E-state index contributed by atoms with van der Waals surface area (Å²) in [5, 5.41) is 3.72. The molecule has 3 rings (SSSR count). The minimum absolute atomic E-state index is 0.638. The molecule has 74 valence electrons. The molecule has 0 aromatic carbocycles. The van der Waals surface area contributed by atoms with E-state index in [1.165, 1.54) is 38.6 Å². The molecule has 1 saturated carbocycles. The molecule has 3 fully saturated rings. The second-order valence-corrected chi connectivity index (χ2v) is 5.00. The average Bonchev–Trinajstić information content (AvgIpc) is 2.73. The Balaban J connectivity index is 1.81. The molecule has 0 amide bonds. The number of nitrogens with one attached hydrogen (secondary N) is 1. The van der Waals surface area contributed by atoms with E-state index in [-0.39, 0.29) is 0 Å². The topological polar surface area (TPSA) is 21.3 Å². The van der Waals surface area contributed by atoms with E-state index >= 15 is 0 Å². The van der Waals surface area contributed by atoms with Gasteiger partial charge in [-0.1, -0.05) is 6.42 Å². The predicted molar refractivity (Wildman–Crippen MR) is 51.6 cm³/mol. The largest absolute Gasteiger partial charge is 0.381 e. The number of fused-ring (bicyclic) bond motifs is 2. The lowest BCUT2D eigenvalue weighted by atomic mass is 9.71. The summed E-state index contributed by atoms with van der Waals surface area (Å²) >= 11 is 0. The third-order valence-corrected chi connectivity index (χ3v) is 4.51. The van der Waals surface area contributed by atoms with Crippen LogP contribution in [-0.2, 0) is 4.74 Å². The van der Waals surface area contributed by atoms with E-state index in [1.54, 1.807) is 0 Å². The van der Waals surface area contributed by atoms with Crippen LogP contribution < -0.4 is 5.32 Å². The summed E-state index contributed by atoms with van der Waals surface area (Å²) in [6, 6.07) is 0.859. The lowest BCUT2D eigenvalue weighted by molar-refractivity contribution is 0.00122. The Morgan fingerprint density at radius 3 is 2.85 bits per heavy atom. The molecule has 0 bridgehead atoms. The molecule has 2 aliphatic heterocycles. The molecule has 1 spiro atoms. The second kappa shape index (κ2) is 2.96. The summed E-state index contributed by atoms with van der Waals surface area (Å²) in [6.07, 6.45) is 6.96. The van der Waals surface area contributed by atoms with E-state index in [0.29, 0.717) is 5.41 Å².